The highest BCUT2D eigenvalue weighted by molar-refractivity contribution is 6.81. The number of nitrogens with two attached hydrogens (primary N) is 1. The molecular weight excluding hydrogens is 325 g/mol. The molecule has 1 atom stereocenters. The lowest BCUT2D eigenvalue weighted by molar-refractivity contribution is -0.135. The standard InChI is InChI=1S/C21H20BNO3/c23-20(15-16-11-13-19(24)14-12-16)21(25)26-22(17-7-3-1-4-8-17)18-9-5-2-6-10-18/h1-14,20,24H,15,23H2/t20-/m1/s1. The van der Waals surface area contributed by atoms with Crippen LogP contribution in [0.3, 0.4) is 0 Å². The van der Waals surface area contributed by atoms with E-state index in [4.69, 9.17) is 10.4 Å². The molecule has 3 aromatic rings. The lowest BCUT2D eigenvalue weighted by Crippen LogP contribution is -2.49. The first-order valence-electron chi connectivity index (χ1n) is 8.47. The normalized spacial score (nSPS) is 11.6. The molecule has 0 aliphatic carbocycles. The number of aromatic hydroxyl groups is 1. The summed E-state index contributed by atoms with van der Waals surface area (Å²) in [4.78, 5) is 12.6. The summed E-state index contributed by atoms with van der Waals surface area (Å²) in [6, 6.07) is 25.1. The highest BCUT2D eigenvalue weighted by Crippen LogP contribution is 2.11. The lowest BCUT2D eigenvalue weighted by atomic mass is 9.55. The first kappa shape index (κ1) is 17.8. The van der Waals surface area contributed by atoms with Gasteiger partial charge in [-0.05, 0) is 35.0 Å². The fourth-order valence-electron chi connectivity index (χ4n) is 2.76. The van der Waals surface area contributed by atoms with Crippen LogP contribution in [0.25, 0.3) is 0 Å². The van der Waals surface area contributed by atoms with E-state index in [1.165, 1.54) is 0 Å². The molecule has 3 rings (SSSR count). The first-order chi connectivity index (χ1) is 12.6. The Morgan fingerprint density at radius 1 is 0.885 bits per heavy atom. The summed E-state index contributed by atoms with van der Waals surface area (Å²) in [6.07, 6.45) is 0.343. The molecule has 130 valence electrons. The minimum absolute atomic E-state index is 0.179. The number of hydrogen-bond donors (Lipinski definition) is 2. The van der Waals surface area contributed by atoms with Gasteiger partial charge in [0.1, 0.15) is 11.8 Å². The molecule has 26 heavy (non-hydrogen) atoms. The van der Waals surface area contributed by atoms with Crippen LogP contribution in [0.5, 0.6) is 5.75 Å². The Bertz CT molecular complexity index is 799. The number of rotatable bonds is 6. The van der Waals surface area contributed by atoms with Crippen molar-refractivity contribution in [3.63, 3.8) is 0 Å². The van der Waals surface area contributed by atoms with E-state index in [0.717, 1.165) is 16.5 Å². The van der Waals surface area contributed by atoms with Crippen molar-refractivity contribution in [3.8, 4) is 5.75 Å². The Morgan fingerprint density at radius 3 is 1.88 bits per heavy atom. The van der Waals surface area contributed by atoms with E-state index in [-0.39, 0.29) is 5.75 Å². The molecule has 0 unspecified atom stereocenters. The van der Waals surface area contributed by atoms with Crippen molar-refractivity contribution in [1.29, 1.82) is 0 Å². The SMILES string of the molecule is N[C@H](Cc1ccc(O)cc1)C(=O)OB(c1ccccc1)c1ccccc1. The maximum absolute atomic E-state index is 12.6. The van der Waals surface area contributed by atoms with Gasteiger partial charge in [-0.25, -0.2) is 0 Å². The van der Waals surface area contributed by atoms with E-state index in [2.05, 4.69) is 0 Å². The second-order valence-electron chi connectivity index (χ2n) is 6.12. The van der Waals surface area contributed by atoms with E-state index >= 15 is 0 Å². The summed E-state index contributed by atoms with van der Waals surface area (Å²) in [5.41, 5.74) is 8.70. The molecule has 0 saturated carbocycles. The molecule has 0 bridgehead atoms. The van der Waals surface area contributed by atoms with Gasteiger partial charge in [0.05, 0.1) is 0 Å². The van der Waals surface area contributed by atoms with Crippen LogP contribution in [0.4, 0.5) is 0 Å². The number of phenols is 1. The number of carbonyl (C=O) groups excluding carboxylic acids is 1. The van der Waals surface area contributed by atoms with Crippen LogP contribution in [-0.2, 0) is 15.9 Å². The van der Waals surface area contributed by atoms with Crippen LogP contribution in [0.15, 0.2) is 84.9 Å². The molecule has 0 fully saturated rings. The van der Waals surface area contributed by atoms with Gasteiger partial charge in [-0.15, -0.1) is 0 Å². The van der Waals surface area contributed by atoms with E-state index in [1.54, 1.807) is 24.3 Å². The van der Waals surface area contributed by atoms with Crippen LogP contribution in [0.1, 0.15) is 5.56 Å². The topological polar surface area (TPSA) is 72.5 Å². The summed E-state index contributed by atoms with van der Waals surface area (Å²) in [7, 11) is 0. The molecule has 3 aromatic carbocycles. The van der Waals surface area contributed by atoms with Crippen LogP contribution in [0, 0.1) is 0 Å². The molecule has 0 aliphatic rings. The highest BCUT2D eigenvalue weighted by Gasteiger charge is 2.28. The van der Waals surface area contributed by atoms with Gasteiger partial charge in [-0.2, -0.15) is 0 Å². The number of hydrogen-bond acceptors (Lipinski definition) is 4. The third-order valence-electron chi connectivity index (χ3n) is 4.13. The molecule has 0 radical (unpaired) electrons. The summed E-state index contributed by atoms with van der Waals surface area (Å²) >= 11 is 0. The van der Waals surface area contributed by atoms with Crippen LogP contribution in [0.2, 0.25) is 0 Å². The largest absolute Gasteiger partial charge is 0.525 e. The number of carbonyl (C=O) groups is 1. The second kappa shape index (κ2) is 8.36. The van der Waals surface area contributed by atoms with Crippen LogP contribution >= 0.6 is 0 Å². The lowest BCUT2D eigenvalue weighted by Gasteiger charge is -2.18. The zero-order valence-corrected chi connectivity index (χ0v) is 14.3. The number of phenolic OH excluding ortho intramolecular Hbond substituents is 1. The van der Waals surface area contributed by atoms with Gasteiger partial charge in [0.2, 0.25) is 0 Å². The molecule has 0 saturated heterocycles. The zero-order chi connectivity index (χ0) is 18.4. The van der Waals surface area contributed by atoms with Gasteiger partial charge >= 0.3 is 12.9 Å². The average Bonchev–Trinajstić information content (AvgIpc) is 2.69. The minimum Gasteiger partial charge on any atom is -0.525 e. The van der Waals surface area contributed by atoms with Gasteiger partial charge in [-0.3, -0.25) is 4.79 Å². The van der Waals surface area contributed by atoms with E-state index < -0.39 is 18.9 Å². The summed E-state index contributed by atoms with van der Waals surface area (Å²) in [5.74, 6) is -0.283. The van der Waals surface area contributed by atoms with Gasteiger partial charge < -0.3 is 15.5 Å². The Hall–Kier alpha value is -3.05. The number of benzene rings is 3. The van der Waals surface area contributed by atoms with Gasteiger partial charge in [0.25, 0.3) is 0 Å². The third kappa shape index (κ3) is 4.52. The minimum atomic E-state index is -0.783. The Balaban J connectivity index is 1.75. The molecule has 0 aromatic heterocycles. The Labute approximate surface area is 153 Å². The molecule has 4 nitrogen and oxygen atoms in total. The molecular formula is C21H20BNO3. The molecule has 5 heteroatoms. The fourth-order valence-corrected chi connectivity index (χ4v) is 2.76. The Kier molecular flexibility index (Phi) is 5.71. The van der Waals surface area contributed by atoms with E-state index in [9.17, 15) is 9.90 Å². The molecule has 0 spiro atoms. The second-order valence-corrected chi connectivity index (χ2v) is 6.12. The van der Waals surface area contributed by atoms with Crippen molar-refractivity contribution in [2.45, 2.75) is 12.5 Å². The van der Waals surface area contributed by atoms with Crippen molar-refractivity contribution >= 4 is 23.8 Å². The van der Waals surface area contributed by atoms with E-state index in [0.29, 0.717) is 6.42 Å². The quantitative estimate of drug-likeness (QED) is 0.666. The molecule has 3 N–H and O–H groups in total. The molecule has 0 heterocycles. The summed E-state index contributed by atoms with van der Waals surface area (Å²) in [6.45, 7) is -0.504. The predicted molar refractivity (Wildman–Crippen MR) is 104 cm³/mol. The first-order valence-corrected chi connectivity index (χ1v) is 8.47. The van der Waals surface area contributed by atoms with Crippen molar-refractivity contribution in [2.75, 3.05) is 0 Å². The maximum Gasteiger partial charge on any atom is 0.429 e. The van der Waals surface area contributed by atoms with E-state index in [1.807, 2.05) is 60.7 Å². The van der Waals surface area contributed by atoms with Crippen molar-refractivity contribution in [2.24, 2.45) is 5.73 Å². The predicted octanol–water partition coefficient (Wildman–Crippen LogP) is 1.61. The van der Waals surface area contributed by atoms with Gasteiger partial charge in [0, 0.05) is 0 Å². The monoisotopic (exact) mass is 345 g/mol. The van der Waals surface area contributed by atoms with Crippen molar-refractivity contribution < 1.29 is 14.6 Å². The molecule has 0 aliphatic heterocycles. The maximum atomic E-state index is 12.6. The fraction of sp³-hybridized carbons (Fsp3) is 0.0952. The Morgan fingerprint density at radius 2 is 1.38 bits per heavy atom. The smallest absolute Gasteiger partial charge is 0.429 e. The van der Waals surface area contributed by atoms with Crippen molar-refractivity contribution in [1.82, 2.24) is 0 Å². The van der Waals surface area contributed by atoms with Crippen molar-refractivity contribution in [3.05, 3.63) is 90.5 Å². The van der Waals surface area contributed by atoms with Gasteiger partial charge in [0.15, 0.2) is 0 Å². The summed E-state index contributed by atoms with van der Waals surface area (Å²) in [5, 5.41) is 9.35. The van der Waals surface area contributed by atoms with Crippen LogP contribution < -0.4 is 16.7 Å². The summed E-state index contributed by atoms with van der Waals surface area (Å²) < 4.78 is 5.77. The molecule has 0 amide bonds. The van der Waals surface area contributed by atoms with Gasteiger partial charge in [-0.1, -0.05) is 72.8 Å². The average molecular weight is 345 g/mol. The zero-order valence-electron chi connectivity index (χ0n) is 14.3. The third-order valence-corrected chi connectivity index (χ3v) is 4.13. The highest BCUT2D eigenvalue weighted by atomic mass is 16.5. The van der Waals surface area contributed by atoms with Crippen LogP contribution in [-0.4, -0.2) is 24.0 Å².